The fourth-order valence-electron chi connectivity index (χ4n) is 2.62. The molecule has 1 aromatic carbocycles. The fourth-order valence-corrected chi connectivity index (χ4v) is 2.62. The highest BCUT2D eigenvalue weighted by Crippen LogP contribution is 2.20. The number of carbonyl (C=O) groups excluding carboxylic acids is 1. The minimum absolute atomic E-state index is 0.0574. The zero-order valence-electron chi connectivity index (χ0n) is 14.3. The molecule has 128 valence electrons. The number of aliphatic hydroxyl groups is 1. The first kappa shape index (κ1) is 17.6. The van der Waals surface area contributed by atoms with Gasteiger partial charge in [0.05, 0.1) is 6.61 Å². The van der Waals surface area contributed by atoms with Gasteiger partial charge in [0.25, 0.3) is 0 Å². The number of benzene rings is 1. The molecule has 1 heterocycles. The standard InChI is InChI=1S/C17H28N4O2/c1-14(2)19(3)16-6-4-5-15(13-16)18-17(23)21-9-7-20(8-10-21)11-12-22/h4-6,13-14,22H,7-12H2,1-3H3,(H,18,23). The van der Waals surface area contributed by atoms with Gasteiger partial charge >= 0.3 is 6.03 Å². The molecule has 0 aliphatic carbocycles. The Kier molecular flexibility index (Phi) is 6.24. The summed E-state index contributed by atoms with van der Waals surface area (Å²) in [5.74, 6) is 0. The van der Waals surface area contributed by atoms with Crippen LogP contribution >= 0.6 is 0 Å². The molecule has 2 N–H and O–H groups in total. The summed E-state index contributed by atoms with van der Waals surface area (Å²) in [7, 11) is 2.05. The summed E-state index contributed by atoms with van der Waals surface area (Å²) in [5.41, 5.74) is 1.91. The Labute approximate surface area is 138 Å². The lowest BCUT2D eigenvalue weighted by Gasteiger charge is -2.34. The Morgan fingerprint density at radius 3 is 2.61 bits per heavy atom. The van der Waals surface area contributed by atoms with Crippen LogP contribution in [-0.4, -0.2) is 73.4 Å². The number of hydrogen-bond acceptors (Lipinski definition) is 4. The van der Waals surface area contributed by atoms with Crippen molar-refractivity contribution in [3.8, 4) is 0 Å². The molecule has 6 heteroatoms. The van der Waals surface area contributed by atoms with Crippen LogP contribution in [0, 0.1) is 0 Å². The number of nitrogens with zero attached hydrogens (tertiary/aromatic N) is 3. The van der Waals surface area contributed by atoms with Crippen LogP contribution in [0.2, 0.25) is 0 Å². The summed E-state index contributed by atoms with van der Waals surface area (Å²) >= 11 is 0. The molecule has 0 saturated carbocycles. The molecular weight excluding hydrogens is 292 g/mol. The Hall–Kier alpha value is -1.79. The highest BCUT2D eigenvalue weighted by molar-refractivity contribution is 5.90. The number of piperazine rings is 1. The molecule has 2 rings (SSSR count). The highest BCUT2D eigenvalue weighted by atomic mass is 16.3. The van der Waals surface area contributed by atoms with Gasteiger partial charge in [0, 0.05) is 57.2 Å². The van der Waals surface area contributed by atoms with E-state index in [0.29, 0.717) is 25.7 Å². The first-order valence-electron chi connectivity index (χ1n) is 8.23. The van der Waals surface area contributed by atoms with E-state index in [2.05, 4.69) is 29.0 Å². The Bertz CT molecular complexity index is 513. The summed E-state index contributed by atoms with van der Waals surface area (Å²) in [6, 6.07) is 8.27. The number of carbonyl (C=O) groups is 1. The van der Waals surface area contributed by atoms with E-state index in [9.17, 15) is 4.79 Å². The summed E-state index contributed by atoms with van der Waals surface area (Å²) in [6.07, 6.45) is 0. The van der Waals surface area contributed by atoms with Crippen molar-refractivity contribution >= 4 is 17.4 Å². The van der Waals surface area contributed by atoms with E-state index in [4.69, 9.17) is 5.11 Å². The van der Waals surface area contributed by atoms with Gasteiger partial charge < -0.3 is 20.2 Å². The van der Waals surface area contributed by atoms with Gasteiger partial charge in [-0.3, -0.25) is 4.90 Å². The van der Waals surface area contributed by atoms with Gasteiger partial charge in [0.2, 0.25) is 0 Å². The normalized spacial score (nSPS) is 15.8. The van der Waals surface area contributed by atoms with Crippen LogP contribution in [0.15, 0.2) is 24.3 Å². The second kappa shape index (κ2) is 8.17. The highest BCUT2D eigenvalue weighted by Gasteiger charge is 2.20. The van der Waals surface area contributed by atoms with Gasteiger partial charge in [0.1, 0.15) is 0 Å². The van der Waals surface area contributed by atoms with Gasteiger partial charge in [-0.15, -0.1) is 0 Å². The molecule has 0 aromatic heterocycles. The molecule has 23 heavy (non-hydrogen) atoms. The van der Waals surface area contributed by atoms with Gasteiger partial charge in [-0.25, -0.2) is 4.79 Å². The smallest absolute Gasteiger partial charge is 0.321 e. The topological polar surface area (TPSA) is 59.1 Å². The predicted molar refractivity (Wildman–Crippen MR) is 94.1 cm³/mol. The van der Waals surface area contributed by atoms with Crippen LogP contribution in [-0.2, 0) is 0 Å². The minimum atomic E-state index is -0.0574. The number of amides is 2. The molecule has 1 fully saturated rings. The summed E-state index contributed by atoms with van der Waals surface area (Å²) < 4.78 is 0. The first-order chi connectivity index (χ1) is 11.0. The Balaban J connectivity index is 1.92. The molecular formula is C17H28N4O2. The third-order valence-electron chi connectivity index (χ3n) is 4.36. The lowest BCUT2D eigenvalue weighted by Crippen LogP contribution is -2.50. The van der Waals surface area contributed by atoms with E-state index < -0.39 is 0 Å². The largest absolute Gasteiger partial charge is 0.395 e. The zero-order valence-corrected chi connectivity index (χ0v) is 14.3. The van der Waals surface area contributed by atoms with E-state index in [-0.39, 0.29) is 12.6 Å². The van der Waals surface area contributed by atoms with Crippen molar-refractivity contribution in [3.63, 3.8) is 0 Å². The van der Waals surface area contributed by atoms with E-state index in [1.807, 2.05) is 36.2 Å². The van der Waals surface area contributed by atoms with Crippen molar-refractivity contribution in [1.82, 2.24) is 9.80 Å². The van der Waals surface area contributed by atoms with Crippen molar-refractivity contribution in [2.45, 2.75) is 19.9 Å². The number of nitrogens with one attached hydrogen (secondary N) is 1. The molecule has 2 amide bonds. The lowest BCUT2D eigenvalue weighted by molar-refractivity contribution is 0.127. The average molecular weight is 320 g/mol. The van der Waals surface area contributed by atoms with E-state index >= 15 is 0 Å². The maximum atomic E-state index is 12.4. The van der Waals surface area contributed by atoms with Crippen molar-refractivity contribution in [1.29, 1.82) is 0 Å². The van der Waals surface area contributed by atoms with E-state index in [1.165, 1.54) is 0 Å². The van der Waals surface area contributed by atoms with Gasteiger partial charge in [-0.2, -0.15) is 0 Å². The van der Waals surface area contributed by atoms with Crippen LogP contribution in [0.1, 0.15) is 13.8 Å². The van der Waals surface area contributed by atoms with Crippen molar-refractivity contribution in [2.75, 3.05) is 56.6 Å². The molecule has 0 spiro atoms. The average Bonchev–Trinajstić information content (AvgIpc) is 2.55. The maximum absolute atomic E-state index is 12.4. The second-order valence-electron chi connectivity index (χ2n) is 6.24. The molecule has 6 nitrogen and oxygen atoms in total. The van der Waals surface area contributed by atoms with E-state index in [0.717, 1.165) is 24.5 Å². The number of aliphatic hydroxyl groups excluding tert-OH is 1. The van der Waals surface area contributed by atoms with Crippen LogP contribution in [0.5, 0.6) is 0 Å². The number of β-amino-alcohol motifs (C(OH)–C–C–N with tert-alkyl or cyclic N) is 1. The molecule has 1 aromatic rings. The van der Waals surface area contributed by atoms with Crippen molar-refractivity contribution in [2.24, 2.45) is 0 Å². The SMILES string of the molecule is CC(C)N(C)c1cccc(NC(=O)N2CCN(CCO)CC2)c1. The molecule has 0 bridgehead atoms. The molecule has 0 atom stereocenters. The van der Waals surface area contributed by atoms with E-state index in [1.54, 1.807) is 0 Å². The quantitative estimate of drug-likeness (QED) is 0.866. The Morgan fingerprint density at radius 1 is 1.30 bits per heavy atom. The van der Waals surface area contributed by atoms with Gasteiger partial charge in [0.15, 0.2) is 0 Å². The number of anilines is 2. The first-order valence-corrected chi connectivity index (χ1v) is 8.23. The van der Waals surface area contributed by atoms with Gasteiger partial charge in [-0.05, 0) is 32.0 Å². The van der Waals surface area contributed by atoms with Crippen LogP contribution in [0.25, 0.3) is 0 Å². The molecule has 0 radical (unpaired) electrons. The third-order valence-corrected chi connectivity index (χ3v) is 4.36. The van der Waals surface area contributed by atoms with Gasteiger partial charge in [-0.1, -0.05) is 6.07 Å². The minimum Gasteiger partial charge on any atom is -0.395 e. The summed E-state index contributed by atoms with van der Waals surface area (Å²) in [5, 5.41) is 11.9. The number of hydrogen-bond donors (Lipinski definition) is 2. The fraction of sp³-hybridized carbons (Fsp3) is 0.588. The van der Waals surface area contributed by atoms with Crippen LogP contribution in [0.4, 0.5) is 16.2 Å². The zero-order chi connectivity index (χ0) is 16.8. The van der Waals surface area contributed by atoms with Crippen LogP contribution < -0.4 is 10.2 Å². The second-order valence-corrected chi connectivity index (χ2v) is 6.24. The maximum Gasteiger partial charge on any atom is 0.321 e. The molecule has 1 aliphatic heterocycles. The predicted octanol–water partition coefficient (Wildman–Crippen LogP) is 1.67. The van der Waals surface area contributed by atoms with Crippen molar-refractivity contribution < 1.29 is 9.90 Å². The number of urea groups is 1. The summed E-state index contributed by atoms with van der Waals surface area (Å²) in [4.78, 5) is 18.5. The summed E-state index contributed by atoms with van der Waals surface area (Å²) in [6.45, 7) is 8.12. The molecule has 0 unspecified atom stereocenters. The Morgan fingerprint density at radius 2 is 2.00 bits per heavy atom. The monoisotopic (exact) mass is 320 g/mol. The molecule has 1 aliphatic rings. The van der Waals surface area contributed by atoms with Crippen molar-refractivity contribution in [3.05, 3.63) is 24.3 Å². The number of rotatable bonds is 5. The third kappa shape index (κ3) is 4.84. The lowest BCUT2D eigenvalue weighted by atomic mass is 10.2. The molecule has 1 saturated heterocycles. The van der Waals surface area contributed by atoms with Crippen LogP contribution in [0.3, 0.4) is 0 Å².